The summed E-state index contributed by atoms with van der Waals surface area (Å²) in [4.78, 5) is 2.17. The Kier molecular flexibility index (Phi) is 9.95. The molecular weight excluding hydrogens is 246 g/mol. The highest BCUT2D eigenvalue weighted by molar-refractivity contribution is 6.65. The Morgan fingerprint density at radius 1 is 1.11 bits per heavy atom. The summed E-state index contributed by atoms with van der Waals surface area (Å²) in [6.45, 7) is 8.18. The zero-order valence-corrected chi connectivity index (χ0v) is 13.7. The summed E-state index contributed by atoms with van der Waals surface area (Å²) in [5.41, 5.74) is 0. The fourth-order valence-electron chi connectivity index (χ4n) is 1.92. The van der Waals surface area contributed by atoms with Crippen molar-refractivity contribution in [2.24, 2.45) is 0 Å². The number of nitrogens with zero attached hydrogens (tertiary/aromatic N) is 1. The average molecular weight is 277 g/mol. The summed E-state index contributed by atoms with van der Waals surface area (Å²) in [6.07, 6.45) is 3.79. The van der Waals surface area contributed by atoms with Gasteiger partial charge in [-0.2, -0.15) is 0 Å². The van der Waals surface area contributed by atoms with Crippen molar-refractivity contribution >= 4 is 8.56 Å². The predicted octanol–water partition coefficient (Wildman–Crippen LogP) is 2.57. The van der Waals surface area contributed by atoms with Gasteiger partial charge in [-0.3, -0.25) is 4.90 Å². The first-order valence-corrected chi connectivity index (χ1v) is 9.57. The Morgan fingerprint density at radius 2 is 1.67 bits per heavy atom. The van der Waals surface area contributed by atoms with Gasteiger partial charge in [0.1, 0.15) is 6.23 Å². The van der Waals surface area contributed by atoms with E-state index in [1.54, 1.807) is 14.2 Å². The lowest BCUT2D eigenvalue weighted by atomic mass is 10.2. The van der Waals surface area contributed by atoms with Gasteiger partial charge in [-0.1, -0.05) is 20.3 Å². The standard InChI is InChI=1S/C13H31NO3Si/c1-6-8-10-14(13(15)7-2)11-9-12-18(5,16-3)17-4/h13,15H,6-12H2,1-5H3. The van der Waals surface area contributed by atoms with E-state index in [2.05, 4.69) is 18.4 Å². The number of unbranched alkanes of at least 4 members (excludes halogenated alkanes) is 1. The topological polar surface area (TPSA) is 41.9 Å². The highest BCUT2D eigenvalue weighted by Gasteiger charge is 2.28. The van der Waals surface area contributed by atoms with Crippen LogP contribution in [0.5, 0.6) is 0 Å². The largest absolute Gasteiger partial charge is 0.398 e. The zero-order valence-electron chi connectivity index (χ0n) is 12.7. The average Bonchev–Trinajstić information content (AvgIpc) is 2.41. The minimum absolute atomic E-state index is 0.311. The molecule has 1 N–H and O–H groups in total. The molecule has 0 aliphatic rings. The summed E-state index contributed by atoms with van der Waals surface area (Å²) in [5.74, 6) is 0. The van der Waals surface area contributed by atoms with E-state index in [1.807, 2.05) is 6.92 Å². The molecule has 0 aromatic carbocycles. The van der Waals surface area contributed by atoms with Gasteiger partial charge in [-0.25, -0.2) is 0 Å². The Labute approximate surface area is 114 Å². The summed E-state index contributed by atoms with van der Waals surface area (Å²) in [5, 5.41) is 9.96. The lowest BCUT2D eigenvalue weighted by Gasteiger charge is -2.29. The fourth-order valence-corrected chi connectivity index (χ4v) is 3.30. The summed E-state index contributed by atoms with van der Waals surface area (Å²) in [7, 11) is 1.51. The first kappa shape index (κ1) is 18.1. The number of hydrogen-bond donors (Lipinski definition) is 1. The van der Waals surface area contributed by atoms with Crippen LogP contribution in [0.3, 0.4) is 0 Å². The molecule has 0 aliphatic carbocycles. The van der Waals surface area contributed by atoms with Crippen molar-refractivity contribution in [3.63, 3.8) is 0 Å². The summed E-state index contributed by atoms with van der Waals surface area (Å²) >= 11 is 0. The molecule has 0 spiro atoms. The van der Waals surface area contributed by atoms with Gasteiger partial charge in [0.15, 0.2) is 0 Å². The molecule has 0 aromatic heterocycles. The van der Waals surface area contributed by atoms with Crippen LogP contribution < -0.4 is 0 Å². The minimum atomic E-state index is -1.95. The lowest BCUT2D eigenvalue weighted by molar-refractivity contribution is 0.0000232. The number of aliphatic hydroxyl groups is 1. The molecule has 1 unspecified atom stereocenters. The van der Waals surface area contributed by atoms with Crippen molar-refractivity contribution in [2.75, 3.05) is 27.3 Å². The quantitative estimate of drug-likeness (QED) is 0.465. The Balaban J connectivity index is 4.09. The van der Waals surface area contributed by atoms with Crippen LogP contribution in [-0.4, -0.2) is 52.1 Å². The fraction of sp³-hybridized carbons (Fsp3) is 1.00. The third kappa shape index (κ3) is 6.85. The van der Waals surface area contributed by atoms with Crippen LogP contribution in [0, 0.1) is 0 Å². The van der Waals surface area contributed by atoms with Crippen molar-refractivity contribution in [1.29, 1.82) is 0 Å². The van der Waals surface area contributed by atoms with Gasteiger partial charge >= 0.3 is 8.56 Å². The highest BCUT2D eigenvalue weighted by atomic mass is 28.4. The molecule has 0 aliphatic heterocycles. The van der Waals surface area contributed by atoms with Crippen LogP contribution >= 0.6 is 0 Å². The molecule has 0 aromatic rings. The summed E-state index contributed by atoms with van der Waals surface area (Å²) < 4.78 is 10.9. The van der Waals surface area contributed by atoms with Crippen LogP contribution in [0.1, 0.15) is 39.5 Å². The molecule has 0 saturated carbocycles. The lowest BCUT2D eigenvalue weighted by Crippen LogP contribution is -2.39. The number of hydrogen-bond acceptors (Lipinski definition) is 4. The van der Waals surface area contributed by atoms with Gasteiger partial charge in [0.25, 0.3) is 0 Å². The van der Waals surface area contributed by atoms with E-state index >= 15 is 0 Å². The first-order valence-electron chi connectivity index (χ1n) is 7.05. The highest BCUT2D eigenvalue weighted by Crippen LogP contribution is 2.15. The van der Waals surface area contributed by atoms with Gasteiger partial charge in [0.2, 0.25) is 0 Å². The number of rotatable bonds is 11. The van der Waals surface area contributed by atoms with Crippen LogP contribution in [0.4, 0.5) is 0 Å². The molecule has 0 rings (SSSR count). The Morgan fingerprint density at radius 3 is 2.11 bits per heavy atom. The third-order valence-corrected chi connectivity index (χ3v) is 6.51. The number of aliphatic hydroxyl groups excluding tert-OH is 1. The van der Waals surface area contributed by atoms with E-state index in [0.717, 1.165) is 44.8 Å². The van der Waals surface area contributed by atoms with Crippen molar-refractivity contribution in [3.8, 4) is 0 Å². The maximum absolute atomic E-state index is 9.96. The normalized spacial score (nSPS) is 14.2. The van der Waals surface area contributed by atoms with Gasteiger partial charge in [-0.05, 0) is 31.9 Å². The van der Waals surface area contributed by atoms with Crippen LogP contribution in [0.25, 0.3) is 0 Å². The second kappa shape index (κ2) is 9.92. The van der Waals surface area contributed by atoms with Gasteiger partial charge < -0.3 is 14.0 Å². The van der Waals surface area contributed by atoms with Crippen LogP contribution in [0.15, 0.2) is 0 Å². The molecule has 0 amide bonds. The molecule has 0 fully saturated rings. The van der Waals surface area contributed by atoms with E-state index in [-0.39, 0.29) is 6.23 Å². The van der Waals surface area contributed by atoms with Crippen molar-refractivity contribution < 1.29 is 14.0 Å². The molecule has 110 valence electrons. The summed E-state index contributed by atoms with van der Waals surface area (Å²) in [6, 6.07) is 0.971. The van der Waals surface area contributed by atoms with E-state index in [9.17, 15) is 5.11 Å². The zero-order chi connectivity index (χ0) is 14.0. The van der Waals surface area contributed by atoms with E-state index in [1.165, 1.54) is 0 Å². The van der Waals surface area contributed by atoms with Crippen molar-refractivity contribution in [3.05, 3.63) is 0 Å². The van der Waals surface area contributed by atoms with Crippen LogP contribution in [-0.2, 0) is 8.85 Å². The molecule has 0 bridgehead atoms. The molecule has 0 heterocycles. The maximum Gasteiger partial charge on any atom is 0.334 e. The van der Waals surface area contributed by atoms with Gasteiger partial charge in [0.05, 0.1) is 0 Å². The van der Waals surface area contributed by atoms with Gasteiger partial charge in [-0.15, -0.1) is 0 Å². The van der Waals surface area contributed by atoms with E-state index in [4.69, 9.17) is 8.85 Å². The first-order chi connectivity index (χ1) is 8.52. The van der Waals surface area contributed by atoms with Gasteiger partial charge in [0, 0.05) is 27.3 Å². The van der Waals surface area contributed by atoms with E-state index in [0.29, 0.717) is 0 Å². The minimum Gasteiger partial charge on any atom is -0.398 e. The predicted molar refractivity (Wildman–Crippen MR) is 77.8 cm³/mol. The molecule has 0 radical (unpaired) electrons. The van der Waals surface area contributed by atoms with E-state index < -0.39 is 8.56 Å². The monoisotopic (exact) mass is 277 g/mol. The second-order valence-electron chi connectivity index (χ2n) is 4.92. The molecule has 0 saturated heterocycles. The third-order valence-electron chi connectivity index (χ3n) is 3.53. The molecule has 5 heteroatoms. The maximum atomic E-state index is 9.96. The molecule has 4 nitrogen and oxygen atoms in total. The van der Waals surface area contributed by atoms with Crippen molar-refractivity contribution in [1.82, 2.24) is 4.90 Å². The SMILES string of the molecule is CCCCN(CCC[Si](C)(OC)OC)C(O)CC. The molecule has 1 atom stereocenters. The smallest absolute Gasteiger partial charge is 0.334 e. The van der Waals surface area contributed by atoms with Crippen molar-refractivity contribution in [2.45, 2.75) is 58.3 Å². The Bertz CT molecular complexity index is 201. The Hall–Kier alpha value is 0.0569. The second-order valence-corrected chi connectivity index (χ2v) is 8.51. The molecule has 18 heavy (non-hydrogen) atoms. The van der Waals surface area contributed by atoms with Crippen LogP contribution in [0.2, 0.25) is 12.6 Å². The molecular formula is C13H31NO3Si.